The Hall–Kier alpha value is -4.46. The van der Waals surface area contributed by atoms with E-state index in [0.717, 1.165) is 0 Å². The predicted molar refractivity (Wildman–Crippen MR) is 158 cm³/mol. The van der Waals surface area contributed by atoms with E-state index < -0.39 is 21.7 Å². The first-order valence-corrected chi connectivity index (χ1v) is 14.8. The molecule has 0 radical (unpaired) electrons. The van der Waals surface area contributed by atoms with Crippen LogP contribution in [-0.2, 0) is 35.9 Å². The Balaban J connectivity index is 1.48. The van der Waals surface area contributed by atoms with E-state index in [9.17, 15) is 18.0 Å². The Morgan fingerprint density at radius 1 is 1.00 bits per heavy atom. The topological polar surface area (TPSA) is 148 Å². The zero-order chi connectivity index (χ0) is 30.7. The van der Waals surface area contributed by atoms with E-state index in [2.05, 4.69) is 15.0 Å². The van der Waals surface area contributed by atoms with E-state index in [4.69, 9.17) is 14.2 Å². The van der Waals surface area contributed by atoms with E-state index in [1.54, 1.807) is 57.5 Å². The summed E-state index contributed by atoms with van der Waals surface area (Å²) in [5, 5.41) is 2.68. The van der Waals surface area contributed by atoms with Crippen molar-refractivity contribution in [1.82, 2.24) is 24.0 Å². The Kier molecular flexibility index (Phi) is 8.85. The molecule has 2 heterocycles. The summed E-state index contributed by atoms with van der Waals surface area (Å²) in [4.78, 5) is 28.2. The number of sulfonamides is 1. The third-order valence-electron chi connectivity index (χ3n) is 6.21. The molecule has 226 valence electrons. The average Bonchev–Trinajstić information content (AvgIpc) is 3.43. The number of nitrogens with zero attached hydrogens (tertiary/aromatic N) is 4. The number of alkyl carbamates (subject to hydrolysis) is 1. The van der Waals surface area contributed by atoms with Gasteiger partial charge in [0.15, 0.2) is 10.8 Å². The van der Waals surface area contributed by atoms with Crippen molar-refractivity contribution in [2.75, 3.05) is 17.9 Å². The van der Waals surface area contributed by atoms with Crippen LogP contribution in [0.3, 0.4) is 0 Å². The highest BCUT2D eigenvalue weighted by Crippen LogP contribution is 2.36. The van der Waals surface area contributed by atoms with Crippen molar-refractivity contribution in [2.24, 2.45) is 21.1 Å². The van der Waals surface area contributed by atoms with Crippen LogP contribution in [0.1, 0.15) is 33.6 Å². The van der Waals surface area contributed by atoms with Gasteiger partial charge in [0.05, 0.1) is 35.9 Å². The predicted octanol–water partition coefficient (Wildman–Crippen LogP) is 3.89. The molecule has 0 unspecified atom stereocenters. The lowest BCUT2D eigenvalue weighted by atomic mass is 10.2. The van der Waals surface area contributed by atoms with E-state index in [1.807, 2.05) is 20.8 Å². The van der Waals surface area contributed by atoms with E-state index in [-0.39, 0.29) is 22.2 Å². The van der Waals surface area contributed by atoms with Gasteiger partial charge in [0.25, 0.3) is 10.0 Å². The quantitative estimate of drug-likeness (QED) is 0.247. The number of anilines is 1. The van der Waals surface area contributed by atoms with Crippen LogP contribution in [0.2, 0.25) is 0 Å². The molecule has 0 atom stereocenters. The summed E-state index contributed by atoms with van der Waals surface area (Å²) in [5.74, 6) is 1.15. The van der Waals surface area contributed by atoms with Gasteiger partial charge in [-0.15, -0.1) is 0 Å². The number of hydrogen-bond donors (Lipinski definition) is 2. The molecule has 42 heavy (non-hydrogen) atoms. The first-order valence-electron chi connectivity index (χ1n) is 13.3. The largest absolute Gasteiger partial charge is 0.493 e. The summed E-state index contributed by atoms with van der Waals surface area (Å²) in [6.45, 7) is 6.30. The lowest BCUT2D eigenvalue weighted by molar-refractivity contribution is 0.0526. The molecule has 14 heteroatoms. The van der Waals surface area contributed by atoms with Gasteiger partial charge in [-0.2, -0.15) is 8.42 Å². The van der Waals surface area contributed by atoms with E-state index in [0.29, 0.717) is 48.5 Å². The SMILES string of the molecule is Cn1cncc1S(=O)(=O)Nc1cc2c(cc1Oc1cccc(OCCCCNC(=O)OC(C)(C)C)c1)n(C)c(=O)n2C. The zero-order valence-corrected chi connectivity index (χ0v) is 25.3. The second kappa shape index (κ2) is 12.2. The van der Waals surface area contributed by atoms with Crippen LogP contribution >= 0.6 is 0 Å². The van der Waals surface area contributed by atoms with Crippen LogP contribution in [0.25, 0.3) is 11.0 Å². The van der Waals surface area contributed by atoms with Crippen LogP contribution in [0.4, 0.5) is 10.5 Å². The van der Waals surface area contributed by atoms with Crippen LogP contribution in [0.15, 0.2) is 58.7 Å². The molecule has 0 saturated carbocycles. The van der Waals surface area contributed by atoms with Gasteiger partial charge in [-0.1, -0.05) is 6.07 Å². The number of hydrogen-bond acceptors (Lipinski definition) is 8. The van der Waals surface area contributed by atoms with Crippen molar-refractivity contribution in [3.05, 3.63) is 59.4 Å². The normalized spacial score (nSPS) is 11.9. The fourth-order valence-electron chi connectivity index (χ4n) is 4.17. The Morgan fingerprint density at radius 2 is 1.69 bits per heavy atom. The molecule has 1 amide bonds. The van der Waals surface area contributed by atoms with Crippen molar-refractivity contribution < 1.29 is 27.4 Å². The number of aromatic nitrogens is 4. The molecule has 2 aromatic carbocycles. The van der Waals surface area contributed by atoms with Gasteiger partial charge >= 0.3 is 11.8 Å². The van der Waals surface area contributed by atoms with Gasteiger partial charge in [-0.25, -0.2) is 14.6 Å². The number of rotatable bonds is 11. The maximum absolute atomic E-state index is 13.2. The number of carbonyl (C=O) groups excluding carboxylic acids is 1. The Morgan fingerprint density at radius 3 is 2.36 bits per heavy atom. The highest BCUT2D eigenvalue weighted by Gasteiger charge is 2.22. The first kappa shape index (κ1) is 30.5. The molecule has 0 fully saturated rings. The monoisotopic (exact) mass is 600 g/mol. The van der Waals surface area contributed by atoms with Gasteiger partial charge in [0, 0.05) is 39.8 Å². The van der Waals surface area contributed by atoms with Crippen molar-refractivity contribution in [2.45, 2.75) is 44.2 Å². The molecule has 13 nitrogen and oxygen atoms in total. The number of fused-ring (bicyclic) bond motifs is 1. The van der Waals surface area contributed by atoms with Crippen LogP contribution < -0.4 is 25.2 Å². The third kappa shape index (κ3) is 7.24. The van der Waals surface area contributed by atoms with Gasteiger partial charge in [-0.05, 0) is 51.8 Å². The average molecular weight is 601 g/mol. The number of aryl methyl sites for hydroxylation is 3. The van der Waals surface area contributed by atoms with Gasteiger partial charge < -0.3 is 24.1 Å². The van der Waals surface area contributed by atoms with Crippen molar-refractivity contribution in [1.29, 1.82) is 0 Å². The molecular weight excluding hydrogens is 564 g/mol. The van der Waals surface area contributed by atoms with Crippen LogP contribution in [0.5, 0.6) is 17.2 Å². The maximum Gasteiger partial charge on any atom is 0.407 e. The minimum absolute atomic E-state index is 0.0350. The number of ether oxygens (including phenoxy) is 3. The molecular formula is C28H36N6O7S. The van der Waals surface area contributed by atoms with Crippen molar-refractivity contribution in [3.63, 3.8) is 0 Å². The number of nitrogens with one attached hydrogen (secondary N) is 2. The Bertz CT molecular complexity index is 1750. The maximum atomic E-state index is 13.2. The lowest BCUT2D eigenvalue weighted by Crippen LogP contribution is -2.33. The summed E-state index contributed by atoms with van der Waals surface area (Å²) in [7, 11) is 0.791. The molecule has 0 aliphatic heterocycles. The minimum Gasteiger partial charge on any atom is -0.493 e. The number of unbranched alkanes of at least 4 members (excludes halogenated alkanes) is 1. The summed E-state index contributed by atoms with van der Waals surface area (Å²) in [6, 6.07) is 10.1. The number of imidazole rings is 2. The smallest absolute Gasteiger partial charge is 0.407 e. The number of benzene rings is 2. The molecule has 0 aliphatic carbocycles. The molecule has 0 aliphatic rings. The molecule has 2 aromatic heterocycles. The number of amides is 1. The standard InChI is InChI=1S/C28H36N6O7S/c1-28(2,3)41-26(35)30-12-7-8-13-39-19-10-9-11-20(14-19)40-24-16-23-22(33(5)27(36)34(23)6)15-21(24)31-42(37,38)25-17-29-18-32(25)4/h9-11,14-18,31H,7-8,12-13H2,1-6H3,(H,30,35). The Labute approximate surface area is 244 Å². The van der Waals surface area contributed by atoms with E-state index >= 15 is 0 Å². The van der Waals surface area contributed by atoms with Crippen molar-refractivity contribution >= 4 is 32.8 Å². The van der Waals surface area contributed by atoms with E-state index in [1.165, 1.54) is 26.2 Å². The second-order valence-corrected chi connectivity index (χ2v) is 12.4. The zero-order valence-electron chi connectivity index (χ0n) is 24.5. The van der Waals surface area contributed by atoms with Crippen molar-refractivity contribution in [3.8, 4) is 17.2 Å². The molecule has 4 rings (SSSR count). The third-order valence-corrected chi connectivity index (χ3v) is 7.64. The fraction of sp³-hybridized carbons (Fsp3) is 0.393. The first-order chi connectivity index (χ1) is 19.7. The molecule has 2 N–H and O–H groups in total. The number of carbonyl (C=O) groups is 1. The molecule has 4 aromatic rings. The highest BCUT2D eigenvalue weighted by atomic mass is 32.2. The van der Waals surface area contributed by atoms with Crippen LogP contribution in [0, 0.1) is 0 Å². The fourth-order valence-corrected chi connectivity index (χ4v) is 5.35. The lowest BCUT2D eigenvalue weighted by Gasteiger charge is -2.19. The summed E-state index contributed by atoms with van der Waals surface area (Å²) < 4.78 is 50.4. The second-order valence-electron chi connectivity index (χ2n) is 10.7. The van der Waals surface area contributed by atoms with Gasteiger partial charge in [0.2, 0.25) is 0 Å². The molecule has 0 saturated heterocycles. The molecule has 0 bridgehead atoms. The highest BCUT2D eigenvalue weighted by molar-refractivity contribution is 7.92. The summed E-state index contributed by atoms with van der Waals surface area (Å²) in [5.41, 5.74) is 0.422. The minimum atomic E-state index is -4.03. The van der Waals surface area contributed by atoms with Gasteiger partial charge in [-0.3, -0.25) is 13.9 Å². The summed E-state index contributed by atoms with van der Waals surface area (Å²) >= 11 is 0. The molecule has 0 spiro atoms. The van der Waals surface area contributed by atoms with Gasteiger partial charge in [0.1, 0.15) is 17.1 Å². The summed E-state index contributed by atoms with van der Waals surface area (Å²) in [6.07, 6.45) is 3.57. The van der Waals surface area contributed by atoms with Crippen LogP contribution in [-0.4, -0.2) is 51.9 Å².